The highest BCUT2D eigenvalue weighted by Crippen LogP contribution is 2.27. The smallest absolute Gasteiger partial charge is 0.205 e. The van der Waals surface area contributed by atoms with Crippen molar-refractivity contribution >= 4 is 39.8 Å². The third-order valence-electron chi connectivity index (χ3n) is 2.74. The Morgan fingerprint density at radius 3 is 3.00 bits per heavy atom. The zero-order valence-electron chi connectivity index (χ0n) is 9.40. The summed E-state index contributed by atoms with van der Waals surface area (Å²) in [5.74, 6) is -0.0505. The van der Waals surface area contributed by atoms with Crippen LogP contribution in [0.15, 0.2) is 24.0 Å². The van der Waals surface area contributed by atoms with Crippen molar-refractivity contribution in [2.24, 2.45) is 0 Å². The topological polar surface area (TPSA) is 58.6 Å². The number of aromatic amines is 1. The fourth-order valence-corrected chi connectivity index (χ4v) is 2.95. The molecule has 0 aromatic carbocycles. The van der Waals surface area contributed by atoms with Gasteiger partial charge in [0.05, 0.1) is 15.8 Å². The van der Waals surface area contributed by atoms with Crippen LogP contribution in [0.5, 0.6) is 0 Å². The third kappa shape index (κ3) is 1.63. The average molecular weight is 278 g/mol. The van der Waals surface area contributed by atoms with Crippen molar-refractivity contribution in [3.05, 3.63) is 45.1 Å². The van der Waals surface area contributed by atoms with Crippen molar-refractivity contribution < 1.29 is 4.79 Å². The van der Waals surface area contributed by atoms with Gasteiger partial charge in [-0.1, -0.05) is 11.6 Å². The molecule has 3 aromatic rings. The molecule has 18 heavy (non-hydrogen) atoms. The number of H-pyrrole nitrogens is 1. The van der Waals surface area contributed by atoms with E-state index in [-0.39, 0.29) is 5.78 Å². The second kappa shape index (κ2) is 4.19. The first kappa shape index (κ1) is 11.4. The SMILES string of the molecule is Cc1ccsc1C(=O)c1c[nH]c2ncnc(Cl)c12. The molecule has 0 spiro atoms. The van der Waals surface area contributed by atoms with Crippen LogP contribution in [0.25, 0.3) is 11.0 Å². The quantitative estimate of drug-likeness (QED) is 0.578. The van der Waals surface area contributed by atoms with Crippen LogP contribution < -0.4 is 0 Å². The van der Waals surface area contributed by atoms with Gasteiger partial charge in [0.2, 0.25) is 5.78 Å². The van der Waals surface area contributed by atoms with Gasteiger partial charge < -0.3 is 4.98 Å². The summed E-state index contributed by atoms with van der Waals surface area (Å²) in [5.41, 5.74) is 2.06. The second-order valence-corrected chi connectivity index (χ2v) is 5.13. The van der Waals surface area contributed by atoms with Gasteiger partial charge in [0.15, 0.2) is 0 Å². The molecule has 0 atom stereocenters. The standard InChI is InChI=1S/C12H8ClN3OS/c1-6-2-3-18-10(6)9(17)7-4-14-12-8(7)11(13)15-5-16-12/h2-5H,1H3,(H,14,15,16). The summed E-state index contributed by atoms with van der Waals surface area (Å²) in [4.78, 5) is 24.1. The molecule has 0 aliphatic carbocycles. The molecule has 0 fully saturated rings. The van der Waals surface area contributed by atoms with Gasteiger partial charge in [-0.15, -0.1) is 11.3 Å². The first-order valence-electron chi connectivity index (χ1n) is 5.25. The van der Waals surface area contributed by atoms with Crippen LogP contribution in [0, 0.1) is 6.92 Å². The van der Waals surface area contributed by atoms with Crippen LogP contribution in [0.2, 0.25) is 5.15 Å². The van der Waals surface area contributed by atoms with E-state index in [1.165, 1.54) is 17.7 Å². The lowest BCUT2D eigenvalue weighted by Gasteiger charge is -1.99. The maximum absolute atomic E-state index is 12.4. The minimum atomic E-state index is -0.0505. The molecule has 0 amide bonds. The molecule has 90 valence electrons. The summed E-state index contributed by atoms with van der Waals surface area (Å²) in [7, 11) is 0. The molecule has 0 bridgehead atoms. The van der Waals surface area contributed by atoms with E-state index in [0.29, 0.717) is 21.7 Å². The molecule has 1 N–H and O–H groups in total. The molecule has 3 heterocycles. The maximum atomic E-state index is 12.4. The molecule has 4 nitrogen and oxygen atoms in total. The Kier molecular flexibility index (Phi) is 2.65. The molecule has 3 rings (SSSR count). The fourth-order valence-electron chi connectivity index (χ4n) is 1.83. The highest BCUT2D eigenvalue weighted by atomic mass is 35.5. The first-order valence-corrected chi connectivity index (χ1v) is 6.50. The number of hydrogen-bond donors (Lipinski definition) is 1. The molecular weight excluding hydrogens is 270 g/mol. The Hall–Kier alpha value is -1.72. The van der Waals surface area contributed by atoms with Crippen molar-refractivity contribution in [2.75, 3.05) is 0 Å². The van der Waals surface area contributed by atoms with Gasteiger partial charge in [-0.2, -0.15) is 0 Å². The number of thiophene rings is 1. The van der Waals surface area contributed by atoms with Crippen LogP contribution in [0.3, 0.4) is 0 Å². The van der Waals surface area contributed by atoms with Crippen LogP contribution in [-0.2, 0) is 0 Å². The number of nitrogens with one attached hydrogen (secondary N) is 1. The summed E-state index contributed by atoms with van der Waals surface area (Å²) in [6.45, 7) is 1.91. The molecule has 0 radical (unpaired) electrons. The van der Waals surface area contributed by atoms with Gasteiger partial charge in [0.25, 0.3) is 0 Å². The van der Waals surface area contributed by atoms with E-state index in [9.17, 15) is 4.79 Å². The lowest BCUT2D eigenvalue weighted by molar-refractivity contribution is 0.104. The molecule has 0 aliphatic rings. The minimum Gasteiger partial charge on any atom is -0.345 e. The Labute approximate surface area is 112 Å². The first-order chi connectivity index (χ1) is 8.68. The average Bonchev–Trinajstić information content (AvgIpc) is 2.95. The number of nitrogens with zero attached hydrogens (tertiary/aromatic N) is 2. The minimum absolute atomic E-state index is 0.0505. The number of ketones is 1. The van der Waals surface area contributed by atoms with Crippen molar-refractivity contribution in [3.8, 4) is 0 Å². The van der Waals surface area contributed by atoms with E-state index in [1.54, 1.807) is 6.20 Å². The van der Waals surface area contributed by atoms with Gasteiger partial charge in [-0.3, -0.25) is 4.79 Å². The van der Waals surface area contributed by atoms with Crippen molar-refractivity contribution in [3.63, 3.8) is 0 Å². The molecule has 6 heteroatoms. The number of rotatable bonds is 2. The summed E-state index contributed by atoms with van der Waals surface area (Å²) in [6, 6.07) is 1.92. The summed E-state index contributed by atoms with van der Waals surface area (Å²) >= 11 is 7.45. The van der Waals surface area contributed by atoms with E-state index < -0.39 is 0 Å². The second-order valence-electron chi connectivity index (χ2n) is 3.85. The van der Waals surface area contributed by atoms with E-state index >= 15 is 0 Å². The van der Waals surface area contributed by atoms with E-state index in [0.717, 1.165) is 10.4 Å². The molecule has 0 aliphatic heterocycles. The van der Waals surface area contributed by atoms with Gasteiger partial charge in [0.1, 0.15) is 17.1 Å². The van der Waals surface area contributed by atoms with Crippen LogP contribution in [-0.4, -0.2) is 20.7 Å². The van der Waals surface area contributed by atoms with E-state index in [2.05, 4.69) is 15.0 Å². The van der Waals surface area contributed by atoms with E-state index in [4.69, 9.17) is 11.6 Å². The monoisotopic (exact) mass is 277 g/mol. The van der Waals surface area contributed by atoms with Crippen molar-refractivity contribution in [1.82, 2.24) is 15.0 Å². The predicted octanol–water partition coefficient (Wildman–Crippen LogP) is 3.21. The zero-order valence-corrected chi connectivity index (χ0v) is 11.0. The van der Waals surface area contributed by atoms with Crippen molar-refractivity contribution in [2.45, 2.75) is 6.92 Å². The number of carbonyl (C=O) groups excluding carboxylic acids is 1. The van der Waals surface area contributed by atoms with Gasteiger partial charge in [0, 0.05) is 6.20 Å². The number of fused-ring (bicyclic) bond motifs is 1. The van der Waals surface area contributed by atoms with Crippen LogP contribution in [0.1, 0.15) is 20.8 Å². The highest BCUT2D eigenvalue weighted by Gasteiger charge is 2.19. The lowest BCUT2D eigenvalue weighted by Crippen LogP contribution is -1.99. The molecule has 0 saturated carbocycles. The fraction of sp³-hybridized carbons (Fsp3) is 0.0833. The summed E-state index contributed by atoms with van der Waals surface area (Å²) in [6.07, 6.45) is 3.00. The molecule has 3 aromatic heterocycles. The Morgan fingerprint density at radius 1 is 1.44 bits per heavy atom. The van der Waals surface area contributed by atoms with Crippen LogP contribution >= 0.6 is 22.9 Å². The maximum Gasteiger partial charge on any atom is 0.205 e. The molecular formula is C12H8ClN3OS. The van der Waals surface area contributed by atoms with Crippen molar-refractivity contribution in [1.29, 1.82) is 0 Å². The lowest BCUT2D eigenvalue weighted by atomic mass is 10.1. The number of carbonyl (C=O) groups is 1. The molecule has 0 unspecified atom stereocenters. The number of aromatic nitrogens is 3. The van der Waals surface area contributed by atoms with Crippen LogP contribution in [0.4, 0.5) is 0 Å². The van der Waals surface area contributed by atoms with Gasteiger partial charge >= 0.3 is 0 Å². The Morgan fingerprint density at radius 2 is 2.28 bits per heavy atom. The molecule has 0 saturated heterocycles. The summed E-state index contributed by atoms with van der Waals surface area (Å²) < 4.78 is 0. The van der Waals surface area contributed by atoms with Gasteiger partial charge in [-0.25, -0.2) is 9.97 Å². The number of halogens is 1. The largest absolute Gasteiger partial charge is 0.345 e. The zero-order chi connectivity index (χ0) is 12.7. The third-order valence-corrected chi connectivity index (χ3v) is 4.04. The van der Waals surface area contributed by atoms with E-state index in [1.807, 2.05) is 18.4 Å². The van der Waals surface area contributed by atoms with Gasteiger partial charge in [-0.05, 0) is 23.9 Å². The predicted molar refractivity (Wildman–Crippen MR) is 71.4 cm³/mol. The Balaban J connectivity index is 2.22. The highest BCUT2D eigenvalue weighted by molar-refractivity contribution is 7.12. The summed E-state index contributed by atoms with van der Waals surface area (Å²) in [5, 5.41) is 2.77. The number of hydrogen-bond acceptors (Lipinski definition) is 4. The Bertz CT molecular complexity index is 747. The number of aryl methyl sites for hydroxylation is 1. The normalized spacial score (nSPS) is 11.0.